The molecule has 1 aromatic carbocycles. The number of nitrogens with zero attached hydrogens (tertiary/aromatic N) is 3. The zero-order chi connectivity index (χ0) is 14.7. The van der Waals surface area contributed by atoms with Gasteiger partial charge in [-0.3, -0.25) is 14.5 Å². The molecule has 1 atom stereocenters. The van der Waals surface area contributed by atoms with Crippen molar-refractivity contribution in [2.45, 2.75) is 12.5 Å². The Balaban J connectivity index is 1.82. The van der Waals surface area contributed by atoms with Crippen LogP contribution in [0.25, 0.3) is 0 Å². The van der Waals surface area contributed by atoms with E-state index in [9.17, 15) is 9.59 Å². The molecule has 106 valence electrons. The molecule has 1 unspecified atom stereocenters. The van der Waals surface area contributed by atoms with Crippen LogP contribution in [0.2, 0.25) is 0 Å². The van der Waals surface area contributed by atoms with E-state index in [0.29, 0.717) is 12.1 Å². The number of carbonyl (C=O) groups excluding carboxylic acids is 2. The molecule has 1 saturated heterocycles. The molecule has 6 nitrogen and oxygen atoms in total. The lowest BCUT2D eigenvalue weighted by Crippen LogP contribution is -2.59. The van der Waals surface area contributed by atoms with Gasteiger partial charge in [0, 0.05) is 6.42 Å². The van der Waals surface area contributed by atoms with Crippen molar-refractivity contribution in [1.29, 1.82) is 0 Å². The van der Waals surface area contributed by atoms with Crippen molar-refractivity contribution < 1.29 is 9.59 Å². The fraction of sp³-hybridized carbons (Fsp3) is 0.200. The highest BCUT2D eigenvalue weighted by molar-refractivity contribution is 6.06. The van der Waals surface area contributed by atoms with E-state index < -0.39 is 6.04 Å². The van der Waals surface area contributed by atoms with Gasteiger partial charge in [0.25, 0.3) is 0 Å². The van der Waals surface area contributed by atoms with Gasteiger partial charge in [-0.2, -0.15) is 0 Å². The van der Waals surface area contributed by atoms with Crippen LogP contribution in [0, 0.1) is 0 Å². The summed E-state index contributed by atoms with van der Waals surface area (Å²) < 4.78 is 0. The van der Waals surface area contributed by atoms with Gasteiger partial charge in [-0.25, -0.2) is 9.97 Å². The lowest BCUT2D eigenvalue weighted by Gasteiger charge is -2.32. The number of hydrogen-bond acceptors (Lipinski definition) is 4. The van der Waals surface area contributed by atoms with E-state index in [0.717, 1.165) is 5.56 Å². The normalized spacial score (nSPS) is 18.5. The van der Waals surface area contributed by atoms with Gasteiger partial charge < -0.3 is 5.32 Å². The fourth-order valence-corrected chi connectivity index (χ4v) is 2.35. The summed E-state index contributed by atoms with van der Waals surface area (Å²) in [5, 5.41) is 2.74. The second kappa shape index (κ2) is 5.70. The maximum Gasteiger partial charge on any atom is 0.250 e. The summed E-state index contributed by atoms with van der Waals surface area (Å²) in [6.07, 6.45) is 4.92. The topological polar surface area (TPSA) is 75.2 Å². The number of anilines is 1. The standard InChI is InChI=1S/C15H14N4O2/c20-14-9-19(12-7-16-10-17-8-12)15(21)13(18-14)6-11-4-2-1-3-5-11/h1-5,7-8,10,13H,6,9H2,(H,18,20). The van der Waals surface area contributed by atoms with Crippen LogP contribution in [0.5, 0.6) is 0 Å². The Morgan fingerprint density at radius 2 is 1.86 bits per heavy atom. The maximum absolute atomic E-state index is 12.5. The van der Waals surface area contributed by atoms with Crippen molar-refractivity contribution in [2.75, 3.05) is 11.4 Å². The van der Waals surface area contributed by atoms with Crippen LogP contribution in [0.3, 0.4) is 0 Å². The van der Waals surface area contributed by atoms with Crippen LogP contribution in [-0.2, 0) is 16.0 Å². The first-order valence-corrected chi connectivity index (χ1v) is 6.64. The highest BCUT2D eigenvalue weighted by atomic mass is 16.2. The van der Waals surface area contributed by atoms with Gasteiger partial charge in [-0.15, -0.1) is 0 Å². The van der Waals surface area contributed by atoms with Gasteiger partial charge in [0.1, 0.15) is 18.9 Å². The number of benzene rings is 1. The maximum atomic E-state index is 12.5. The minimum Gasteiger partial charge on any atom is -0.342 e. The van der Waals surface area contributed by atoms with Crippen molar-refractivity contribution in [2.24, 2.45) is 0 Å². The molecule has 0 saturated carbocycles. The van der Waals surface area contributed by atoms with Crippen LogP contribution in [-0.4, -0.2) is 34.4 Å². The molecule has 1 aliphatic heterocycles. The van der Waals surface area contributed by atoms with Gasteiger partial charge in [0.15, 0.2) is 0 Å². The Hall–Kier alpha value is -2.76. The van der Waals surface area contributed by atoms with Crippen LogP contribution >= 0.6 is 0 Å². The molecule has 2 aromatic rings. The van der Waals surface area contributed by atoms with Crippen molar-refractivity contribution in [3.8, 4) is 0 Å². The molecule has 1 fully saturated rings. The Morgan fingerprint density at radius 3 is 2.57 bits per heavy atom. The molecule has 1 aromatic heterocycles. The first kappa shape index (κ1) is 13.2. The van der Waals surface area contributed by atoms with Gasteiger partial charge in [0.2, 0.25) is 11.8 Å². The molecule has 0 radical (unpaired) electrons. The number of piperazine rings is 1. The molecule has 2 amide bonds. The molecule has 3 rings (SSSR count). The molecule has 0 bridgehead atoms. The molecular weight excluding hydrogens is 268 g/mol. The molecule has 1 N–H and O–H groups in total. The van der Waals surface area contributed by atoms with E-state index in [1.54, 1.807) is 0 Å². The Labute approximate surface area is 121 Å². The summed E-state index contributed by atoms with van der Waals surface area (Å²) in [6, 6.07) is 9.04. The van der Waals surface area contributed by atoms with Crippen LogP contribution in [0.15, 0.2) is 49.1 Å². The van der Waals surface area contributed by atoms with E-state index in [-0.39, 0.29) is 18.4 Å². The van der Waals surface area contributed by atoms with Crippen LogP contribution < -0.4 is 10.2 Å². The van der Waals surface area contributed by atoms with Crippen LogP contribution in [0.4, 0.5) is 5.69 Å². The summed E-state index contributed by atoms with van der Waals surface area (Å²) in [6.45, 7) is -0.00248. The highest BCUT2D eigenvalue weighted by Crippen LogP contribution is 2.16. The zero-order valence-electron chi connectivity index (χ0n) is 11.3. The number of amides is 2. The summed E-state index contributed by atoms with van der Waals surface area (Å²) in [7, 11) is 0. The monoisotopic (exact) mass is 282 g/mol. The summed E-state index contributed by atoms with van der Waals surface area (Å²) in [5.74, 6) is -0.326. The SMILES string of the molecule is O=C1CN(c2cncnc2)C(=O)C(Cc2ccccc2)N1. The summed E-state index contributed by atoms with van der Waals surface area (Å²) >= 11 is 0. The minimum atomic E-state index is -0.561. The van der Waals surface area contributed by atoms with Crippen molar-refractivity contribution in [3.05, 3.63) is 54.6 Å². The van der Waals surface area contributed by atoms with E-state index in [4.69, 9.17) is 0 Å². The van der Waals surface area contributed by atoms with Gasteiger partial charge in [-0.05, 0) is 5.56 Å². The lowest BCUT2D eigenvalue weighted by atomic mass is 10.0. The number of rotatable bonds is 3. The van der Waals surface area contributed by atoms with E-state index in [2.05, 4.69) is 15.3 Å². The molecule has 6 heteroatoms. The largest absolute Gasteiger partial charge is 0.342 e. The van der Waals surface area contributed by atoms with Crippen molar-refractivity contribution in [1.82, 2.24) is 15.3 Å². The molecular formula is C15H14N4O2. The third-order valence-electron chi connectivity index (χ3n) is 3.34. The number of aromatic nitrogens is 2. The highest BCUT2D eigenvalue weighted by Gasteiger charge is 2.33. The van der Waals surface area contributed by atoms with Crippen molar-refractivity contribution in [3.63, 3.8) is 0 Å². The third kappa shape index (κ3) is 2.89. The van der Waals surface area contributed by atoms with E-state index >= 15 is 0 Å². The summed E-state index contributed by atoms with van der Waals surface area (Å²) in [5.41, 5.74) is 1.54. The first-order valence-electron chi connectivity index (χ1n) is 6.64. The molecule has 2 heterocycles. The number of hydrogen-bond donors (Lipinski definition) is 1. The number of carbonyl (C=O) groups is 2. The fourth-order valence-electron chi connectivity index (χ4n) is 2.35. The molecule has 21 heavy (non-hydrogen) atoms. The molecule has 0 aliphatic carbocycles. The van der Waals surface area contributed by atoms with Gasteiger partial charge >= 0.3 is 0 Å². The predicted molar refractivity (Wildman–Crippen MR) is 76.5 cm³/mol. The quantitative estimate of drug-likeness (QED) is 0.892. The average Bonchev–Trinajstić information content (AvgIpc) is 2.52. The van der Waals surface area contributed by atoms with Crippen molar-refractivity contribution >= 4 is 17.5 Å². The van der Waals surface area contributed by atoms with Gasteiger partial charge in [0.05, 0.1) is 18.1 Å². The molecule has 1 aliphatic rings. The Kier molecular flexibility index (Phi) is 3.59. The smallest absolute Gasteiger partial charge is 0.250 e. The summed E-state index contributed by atoms with van der Waals surface area (Å²) in [4.78, 5) is 33.6. The third-order valence-corrected chi connectivity index (χ3v) is 3.34. The van der Waals surface area contributed by atoms with E-state index in [1.165, 1.54) is 23.6 Å². The second-order valence-corrected chi connectivity index (χ2v) is 4.83. The van der Waals surface area contributed by atoms with Gasteiger partial charge in [-0.1, -0.05) is 30.3 Å². The number of nitrogens with one attached hydrogen (secondary N) is 1. The van der Waals surface area contributed by atoms with E-state index in [1.807, 2.05) is 30.3 Å². The average molecular weight is 282 g/mol. The first-order chi connectivity index (χ1) is 10.2. The Morgan fingerprint density at radius 1 is 1.14 bits per heavy atom. The Bertz CT molecular complexity index is 645. The second-order valence-electron chi connectivity index (χ2n) is 4.83. The zero-order valence-corrected chi connectivity index (χ0v) is 11.3. The predicted octanol–water partition coefficient (Wildman–Crippen LogP) is 0.551. The van der Waals surface area contributed by atoms with Crippen LogP contribution in [0.1, 0.15) is 5.56 Å². The minimum absolute atomic E-state index is 0.00248. The lowest BCUT2D eigenvalue weighted by molar-refractivity contribution is -0.131. The molecule has 0 spiro atoms.